The molecule has 130 valence electrons. The molecule has 0 amide bonds. The van der Waals surface area contributed by atoms with Crippen LogP contribution in [0.15, 0.2) is 12.1 Å². The van der Waals surface area contributed by atoms with Gasteiger partial charge in [-0.2, -0.15) is 22.1 Å². The van der Waals surface area contributed by atoms with Gasteiger partial charge in [0.25, 0.3) is 10.2 Å². The molecule has 1 N–H and O–H groups in total. The molecule has 0 aliphatic carbocycles. The van der Waals surface area contributed by atoms with Crippen molar-refractivity contribution in [3.8, 4) is 11.4 Å². The molecule has 0 spiro atoms. The fraction of sp³-hybridized carbons (Fsp3) is 0.533. The Hall–Kier alpha value is -1.84. The second-order valence-electron chi connectivity index (χ2n) is 6.30. The summed E-state index contributed by atoms with van der Waals surface area (Å²) in [4.78, 5) is 8.98. The van der Waals surface area contributed by atoms with Gasteiger partial charge in [-0.05, 0) is 32.4 Å². The molecule has 1 aliphatic heterocycles. The number of nitrogens with zero attached hydrogens (tertiary/aromatic N) is 5. The van der Waals surface area contributed by atoms with Crippen molar-refractivity contribution < 1.29 is 8.42 Å². The van der Waals surface area contributed by atoms with E-state index in [2.05, 4.69) is 20.2 Å². The molecular formula is C15H22N6O2S. The molecule has 9 heteroatoms. The van der Waals surface area contributed by atoms with E-state index < -0.39 is 10.2 Å². The normalized spacial score (nSPS) is 19.3. The molecule has 2 aromatic heterocycles. The zero-order valence-corrected chi connectivity index (χ0v) is 15.1. The van der Waals surface area contributed by atoms with Crippen molar-refractivity contribution in [3.63, 3.8) is 0 Å². The van der Waals surface area contributed by atoms with Crippen LogP contribution in [0, 0.1) is 13.8 Å². The Labute approximate surface area is 142 Å². The summed E-state index contributed by atoms with van der Waals surface area (Å²) in [5.74, 6) is 0.734. The predicted octanol–water partition coefficient (Wildman–Crippen LogP) is 1.08. The highest BCUT2D eigenvalue weighted by Gasteiger charge is 2.34. The first-order chi connectivity index (χ1) is 11.3. The summed E-state index contributed by atoms with van der Waals surface area (Å²) < 4.78 is 27.3. The van der Waals surface area contributed by atoms with Gasteiger partial charge in [-0.25, -0.2) is 9.97 Å². The van der Waals surface area contributed by atoms with E-state index in [1.54, 1.807) is 14.1 Å². The summed E-state index contributed by atoms with van der Waals surface area (Å²) in [5.41, 5.74) is 3.37. The number of rotatable bonds is 4. The minimum absolute atomic E-state index is 0.0696. The Morgan fingerprint density at radius 1 is 1.21 bits per heavy atom. The fourth-order valence-electron chi connectivity index (χ4n) is 2.89. The van der Waals surface area contributed by atoms with Gasteiger partial charge in [0.05, 0.1) is 5.69 Å². The Morgan fingerprint density at radius 3 is 2.58 bits per heavy atom. The van der Waals surface area contributed by atoms with Gasteiger partial charge in [-0.1, -0.05) is 0 Å². The van der Waals surface area contributed by atoms with E-state index in [9.17, 15) is 8.42 Å². The van der Waals surface area contributed by atoms with Gasteiger partial charge in [0.2, 0.25) is 0 Å². The summed E-state index contributed by atoms with van der Waals surface area (Å²) in [6, 6.07) is 3.85. The van der Waals surface area contributed by atoms with Crippen molar-refractivity contribution in [2.24, 2.45) is 0 Å². The highest BCUT2D eigenvalue weighted by molar-refractivity contribution is 7.86. The first-order valence-corrected chi connectivity index (χ1v) is 9.22. The lowest BCUT2D eigenvalue weighted by Gasteiger charge is -2.20. The summed E-state index contributed by atoms with van der Waals surface area (Å²) in [7, 11) is -0.278. The molecule has 1 aliphatic rings. The summed E-state index contributed by atoms with van der Waals surface area (Å²) in [6.07, 6.45) is 0.753. The number of aromatic nitrogens is 4. The Bertz CT molecular complexity index is 845. The standard InChI is InChI=1S/C15H22N6O2S/c1-10-7-15(19-18-10)14-8-13(16-11(2)17-14)12-5-6-21(9-12)24(22,23)20(3)4/h7-8,12H,5-6,9H2,1-4H3,(H,18,19)/t12-/m0/s1. The second kappa shape index (κ2) is 6.23. The number of hydrogen-bond acceptors (Lipinski definition) is 5. The largest absolute Gasteiger partial charge is 0.282 e. The fourth-order valence-corrected chi connectivity index (χ4v) is 4.06. The van der Waals surface area contributed by atoms with E-state index in [0.29, 0.717) is 18.9 Å². The molecule has 0 aromatic carbocycles. The van der Waals surface area contributed by atoms with Crippen LogP contribution in [0.4, 0.5) is 0 Å². The van der Waals surface area contributed by atoms with Crippen LogP contribution in [0.3, 0.4) is 0 Å². The third-order valence-corrected chi connectivity index (χ3v) is 6.09. The van der Waals surface area contributed by atoms with Gasteiger partial charge < -0.3 is 0 Å². The molecule has 0 saturated carbocycles. The highest BCUT2D eigenvalue weighted by atomic mass is 32.2. The number of hydrogen-bond donors (Lipinski definition) is 1. The maximum Gasteiger partial charge on any atom is 0.281 e. The van der Waals surface area contributed by atoms with Gasteiger partial charge in [0.15, 0.2) is 0 Å². The third-order valence-electron chi connectivity index (χ3n) is 4.18. The van der Waals surface area contributed by atoms with Crippen molar-refractivity contribution in [2.45, 2.75) is 26.2 Å². The maximum atomic E-state index is 12.3. The van der Waals surface area contributed by atoms with Crippen molar-refractivity contribution in [2.75, 3.05) is 27.2 Å². The summed E-state index contributed by atoms with van der Waals surface area (Å²) in [5, 5.41) is 7.16. The Balaban J connectivity index is 1.87. The zero-order chi connectivity index (χ0) is 17.5. The lowest BCUT2D eigenvalue weighted by molar-refractivity contribution is 0.418. The van der Waals surface area contributed by atoms with Crippen LogP contribution in [-0.2, 0) is 10.2 Å². The minimum Gasteiger partial charge on any atom is -0.282 e. The zero-order valence-electron chi connectivity index (χ0n) is 14.3. The van der Waals surface area contributed by atoms with E-state index in [1.165, 1.54) is 8.61 Å². The van der Waals surface area contributed by atoms with Crippen LogP contribution >= 0.6 is 0 Å². The van der Waals surface area contributed by atoms with Crippen LogP contribution in [0.2, 0.25) is 0 Å². The van der Waals surface area contributed by atoms with E-state index in [1.807, 2.05) is 26.0 Å². The third kappa shape index (κ3) is 3.19. The topological polar surface area (TPSA) is 95.1 Å². The Morgan fingerprint density at radius 2 is 1.96 bits per heavy atom. The molecule has 1 fully saturated rings. The summed E-state index contributed by atoms with van der Waals surface area (Å²) >= 11 is 0. The maximum absolute atomic E-state index is 12.3. The van der Waals surface area contributed by atoms with Gasteiger partial charge in [-0.3, -0.25) is 5.10 Å². The quantitative estimate of drug-likeness (QED) is 0.890. The average molecular weight is 350 g/mol. The SMILES string of the molecule is Cc1nc(-c2cc(C)[nH]n2)cc([C@H]2CCN(S(=O)(=O)N(C)C)C2)n1. The van der Waals surface area contributed by atoms with Gasteiger partial charge in [-0.15, -0.1) is 0 Å². The van der Waals surface area contributed by atoms with Crippen LogP contribution in [0.5, 0.6) is 0 Å². The summed E-state index contributed by atoms with van der Waals surface area (Å²) in [6.45, 7) is 4.73. The molecule has 24 heavy (non-hydrogen) atoms. The molecule has 2 aromatic rings. The van der Waals surface area contributed by atoms with E-state index in [4.69, 9.17) is 0 Å². The molecule has 0 radical (unpaired) electrons. The lowest BCUT2D eigenvalue weighted by Crippen LogP contribution is -2.38. The molecule has 0 bridgehead atoms. The van der Waals surface area contributed by atoms with Crippen molar-refractivity contribution >= 4 is 10.2 Å². The highest BCUT2D eigenvalue weighted by Crippen LogP contribution is 2.30. The number of nitrogens with one attached hydrogen (secondary N) is 1. The first kappa shape index (κ1) is 17.0. The molecule has 1 atom stereocenters. The Kier molecular flexibility index (Phi) is 4.41. The smallest absolute Gasteiger partial charge is 0.281 e. The first-order valence-electron chi connectivity index (χ1n) is 7.83. The lowest BCUT2D eigenvalue weighted by atomic mass is 10.0. The van der Waals surface area contributed by atoms with Gasteiger partial charge >= 0.3 is 0 Å². The van der Waals surface area contributed by atoms with Crippen LogP contribution in [0.25, 0.3) is 11.4 Å². The molecule has 3 rings (SSSR count). The molecule has 0 unspecified atom stereocenters. The number of H-pyrrole nitrogens is 1. The van der Waals surface area contributed by atoms with Gasteiger partial charge in [0.1, 0.15) is 11.5 Å². The van der Waals surface area contributed by atoms with Gasteiger partial charge in [0, 0.05) is 44.5 Å². The van der Waals surface area contributed by atoms with Crippen LogP contribution < -0.4 is 0 Å². The molecule has 8 nitrogen and oxygen atoms in total. The van der Waals surface area contributed by atoms with Crippen LogP contribution in [-0.4, -0.2) is 64.4 Å². The van der Waals surface area contributed by atoms with Crippen molar-refractivity contribution in [1.82, 2.24) is 28.8 Å². The molecule has 3 heterocycles. The number of aromatic amines is 1. The second-order valence-corrected chi connectivity index (χ2v) is 8.44. The number of aryl methyl sites for hydroxylation is 2. The van der Waals surface area contributed by atoms with E-state index >= 15 is 0 Å². The average Bonchev–Trinajstić information content (AvgIpc) is 3.15. The predicted molar refractivity (Wildman–Crippen MR) is 90.6 cm³/mol. The van der Waals surface area contributed by atoms with E-state index in [-0.39, 0.29) is 5.92 Å². The monoisotopic (exact) mass is 350 g/mol. The molecular weight excluding hydrogens is 328 g/mol. The molecule has 1 saturated heterocycles. The van der Waals surface area contributed by atoms with E-state index in [0.717, 1.165) is 29.2 Å². The van der Waals surface area contributed by atoms with Crippen molar-refractivity contribution in [1.29, 1.82) is 0 Å². The van der Waals surface area contributed by atoms with Crippen LogP contribution in [0.1, 0.15) is 29.6 Å². The minimum atomic E-state index is -3.38. The van der Waals surface area contributed by atoms with Crippen molar-refractivity contribution in [3.05, 3.63) is 29.3 Å².